The number of amides is 1. The zero-order chi connectivity index (χ0) is 24.1. The Balaban J connectivity index is 1.54. The van der Waals surface area contributed by atoms with Gasteiger partial charge in [0, 0.05) is 18.5 Å². The molecule has 1 amide bonds. The van der Waals surface area contributed by atoms with E-state index in [2.05, 4.69) is 5.10 Å². The highest BCUT2D eigenvalue weighted by molar-refractivity contribution is 6.03. The Morgan fingerprint density at radius 2 is 1.97 bits per heavy atom. The predicted molar refractivity (Wildman–Crippen MR) is 126 cm³/mol. The van der Waals surface area contributed by atoms with E-state index in [4.69, 9.17) is 9.47 Å². The summed E-state index contributed by atoms with van der Waals surface area (Å²) in [6, 6.07) is 13.5. The Labute approximate surface area is 199 Å². The van der Waals surface area contributed by atoms with Crippen molar-refractivity contribution in [2.45, 2.75) is 32.2 Å². The number of rotatable bonds is 7. The molecular weight excluding hydrogens is 437 g/mol. The molecule has 0 radical (unpaired) electrons. The van der Waals surface area contributed by atoms with Crippen LogP contribution in [0.15, 0.2) is 53.6 Å². The molecule has 8 heteroatoms. The first kappa shape index (κ1) is 23.9. The van der Waals surface area contributed by atoms with Crippen LogP contribution in [0.3, 0.4) is 0 Å². The van der Waals surface area contributed by atoms with Crippen LogP contribution in [-0.4, -0.2) is 60.8 Å². The number of methoxy groups -OCH3 is 1. The van der Waals surface area contributed by atoms with Crippen molar-refractivity contribution in [2.24, 2.45) is 11.0 Å². The molecule has 7 nitrogen and oxygen atoms in total. The Kier molecular flexibility index (Phi) is 7.57. The van der Waals surface area contributed by atoms with Gasteiger partial charge in [0.1, 0.15) is 11.6 Å². The lowest BCUT2D eigenvalue weighted by Gasteiger charge is -2.32. The van der Waals surface area contributed by atoms with Gasteiger partial charge in [-0.2, -0.15) is 5.10 Å². The number of carbonyl (C=O) groups excluding carboxylic acids is 2. The van der Waals surface area contributed by atoms with E-state index >= 15 is 0 Å². The van der Waals surface area contributed by atoms with E-state index in [9.17, 15) is 14.0 Å². The highest BCUT2D eigenvalue weighted by Gasteiger charge is 2.35. The summed E-state index contributed by atoms with van der Waals surface area (Å²) in [5.74, 6) is -0.197. The van der Waals surface area contributed by atoms with Crippen LogP contribution in [0.25, 0.3) is 0 Å². The van der Waals surface area contributed by atoms with Gasteiger partial charge in [-0.3, -0.25) is 14.5 Å². The van der Waals surface area contributed by atoms with Crippen molar-refractivity contribution in [1.82, 2.24) is 9.91 Å². The monoisotopic (exact) mass is 467 g/mol. The van der Waals surface area contributed by atoms with Crippen molar-refractivity contribution >= 4 is 17.6 Å². The van der Waals surface area contributed by atoms with Crippen molar-refractivity contribution in [1.29, 1.82) is 0 Å². The SMILES string of the molecule is CCOC(=O)[C@H]1CCCN(CC(=O)N2N=C(c3cccc(F)c3)C[C@@H]2c2ccc(OC)cc2)C1. The van der Waals surface area contributed by atoms with Crippen LogP contribution in [0.2, 0.25) is 0 Å². The average Bonchev–Trinajstić information content (AvgIpc) is 3.30. The lowest BCUT2D eigenvalue weighted by molar-refractivity contribution is -0.150. The fourth-order valence-electron chi connectivity index (χ4n) is 4.58. The molecule has 4 rings (SSSR count). The molecule has 1 saturated heterocycles. The third kappa shape index (κ3) is 5.44. The molecule has 180 valence electrons. The second-order valence-electron chi connectivity index (χ2n) is 8.61. The predicted octanol–water partition coefficient (Wildman–Crippen LogP) is 3.79. The topological polar surface area (TPSA) is 71.4 Å². The lowest BCUT2D eigenvalue weighted by atomic mass is 9.97. The number of hydrazone groups is 1. The van der Waals surface area contributed by atoms with E-state index in [0.717, 1.165) is 30.7 Å². The molecule has 34 heavy (non-hydrogen) atoms. The summed E-state index contributed by atoms with van der Waals surface area (Å²) < 4.78 is 24.3. The van der Waals surface area contributed by atoms with Gasteiger partial charge in [-0.05, 0) is 56.1 Å². The van der Waals surface area contributed by atoms with Crippen molar-refractivity contribution < 1.29 is 23.5 Å². The second kappa shape index (κ2) is 10.8. The molecule has 0 aromatic heterocycles. The molecule has 0 N–H and O–H groups in total. The minimum Gasteiger partial charge on any atom is -0.497 e. The number of likely N-dealkylation sites (tertiary alicyclic amines) is 1. The Morgan fingerprint density at radius 3 is 2.68 bits per heavy atom. The Morgan fingerprint density at radius 1 is 1.18 bits per heavy atom. The van der Waals surface area contributed by atoms with Gasteiger partial charge >= 0.3 is 5.97 Å². The number of esters is 1. The van der Waals surface area contributed by atoms with Gasteiger partial charge in [-0.15, -0.1) is 0 Å². The van der Waals surface area contributed by atoms with Gasteiger partial charge in [0.25, 0.3) is 5.91 Å². The first-order valence-electron chi connectivity index (χ1n) is 11.7. The van der Waals surface area contributed by atoms with Crippen LogP contribution >= 0.6 is 0 Å². The van der Waals surface area contributed by atoms with Crippen LogP contribution < -0.4 is 4.74 Å². The van der Waals surface area contributed by atoms with E-state index in [0.29, 0.717) is 30.8 Å². The minimum absolute atomic E-state index is 0.155. The maximum Gasteiger partial charge on any atom is 0.310 e. The Bertz CT molecular complexity index is 1060. The van der Waals surface area contributed by atoms with Gasteiger partial charge in [0.05, 0.1) is 37.9 Å². The van der Waals surface area contributed by atoms with E-state index in [1.807, 2.05) is 29.2 Å². The molecule has 2 atom stereocenters. The lowest BCUT2D eigenvalue weighted by Crippen LogP contribution is -2.44. The molecule has 0 saturated carbocycles. The molecule has 0 bridgehead atoms. The summed E-state index contributed by atoms with van der Waals surface area (Å²) in [7, 11) is 1.60. The summed E-state index contributed by atoms with van der Waals surface area (Å²) in [5, 5.41) is 6.14. The normalized spacial score (nSPS) is 20.7. The first-order chi connectivity index (χ1) is 16.5. The molecule has 2 aromatic carbocycles. The molecule has 0 unspecified atom stereocenters. The van der Waals surface area contributed by atoms with Crippen LogP contribution in [-0.2, 0) is 14.3 Å². The fraction of sp³-hybridized carbons (Fsp3) is 0.423. The molecule has 0 aliphatic carbocycles. The molecule has 2 aliphatic rings. The molecule has 2 aromatic rings. The average molecular weight is 468 g/mol. The van der Waals surface area contributed by atoms with Crippen LogP contribution in [0, 0.1) is 11.7 Å². The van der Waals surface area contributed by atoms with Crippen molar-refractivity contribution in [3.63, 3.8) is 0 Å². The number of nitrogens with zero attached hydrogens (tertiary/aromatic N) is 3. The molecule has 2 heterocycles. The fourth-order valence-corrected chi connectivity index (χ4v) is 4.58. The van der Waals surface area contributed by atoms with E-state index < -0.39 is 0 Å². The quantitative estimate of drug-likeness (QED) is 0.580. The number of benzene rings is 2. The molecule has 2 aliphatic heterocycles. The van der Waals surface area contributed by atoms with Crippen LogP contribution in [0.5, 0.6) is 5.75 Å². The summed E-state index contributed by atoms with van der Waals surface area (Å²) in [6.45, 7) is 3.53. The van der Waals surface area contributed by atoms with Gasteiger partial charge in [-0.25, -0.2) is 9.40 Å². The minimum atomic E-state index is -0.343. The summed E-state index contributed by atoms with van der Waals surface area (Å²) >= 11 is 0. The Hall–Kier alpha value is -3.26. The smallest absolute Gasteiger partial charge is 0.310 e. The number of ether oxygens (including phenoxy) is 2. The number of carbonyl (C=O) groups is 2. The van der Waals surface area contributed by atoms with Crippen molar-refractivity contribution in [3.8, 4) is 5.75 Å². The number of halogens is 1. The molecule has 0 spiro atoms. The zero-order valence-corrected chi connectivity index (χ0v) is 19.6. The van der Waals surface area contributed by atoms with Gasteiger partial charge in [0.2, 0.25) is 0 Å². The van der Waals surface area contributed by atoms with Crippen molar-refractivity contribution in [2.75, 3.05) is 33.4 Å². The summed E-state index contributed by atoms with van der Waals surface area (Å²) in [4.78, 5) is 27.6. The van der Waals surface area contributed by atoms with E-state index in [1.165, 1.54) is 17.1 Å². The van der Waals surface area contributed by atoms with Crippen LogP contribution in [0.1, 0.15) is 43.4 Å². The molecule has 1 fully saturated rings. The van der Waals surface area contributed by atoms with Gasteiger partial charge < -0.3 is 9.47 Å². The highest BCUT2D eigenvalue weighted by atomic mass is 19.1. The zero-order valence-electron chi connectivity index (χ0n) is 19.6. The highest BCUT2D eigenvalue weighted by Crippen LogP contribution is 2.34. The largest absolute Gasteiger partial charge is 0.497 e. The van der Waals surface area contributed by atoms with Crippen molar-refractivity contribution in [3.05, 3.63) is 65.5 Å². The third-order valence-corrected chi connectivity index (χ3v) is 6.31. The van der Waals surface area contributed by atoms with Gasteiger partial charge in [-0.1, -0.05) is 24.3 Å². The maximum atomic E-state index is 13.9. The molecular formula is C26H30FN3O4. The second-order valence-corrected chi connectivity index (χ2v) is 8.61. The van der Waals surface area contributed by atoms with E-state index in [-0.39, 0.29) is 36.2 Å². The number of hydrogen-bond acceptors (Lipinski definition) is 6. The standard InChI is InChI=1S/C26H30FN3O4/c1-3-34-26(32)20-7-5-13-29(16-20)17-25(31)30-24(18-9-11-22(33-2)12-10-18)15-23(28-30)19-6-4-8-21(27)14-19/h4,6,8-12,14,20,24H,3,5,7,13,15-17H2,1-2H3/t20-,24+/m0/s1. The number of piperidine rings is 1. The summed E-state index contributed by atoms with van der Waals surface area (Å²) in [6.07, 6.45) is 2.08. The number of hydrogen-bond donors (Lipinski definition) is 0. The van der Waals surface area contributed by atoms with E-state index in [1.54, 1.807) is 26.2 Å². The van der Waals surface area contributed by atoms with Gasteiger partial charge in [0.15, 0.2) is 0 Å². The van der Waals surface area contributed by atoms with Crippen LogP contribution in [0.4, 0.5) is 4.39 Å². The maximum absolute atomic E-state index is 13.9. The summed E-state index contributed by atoms with van der Waals surface area (Å²) in [5.41, 5.74) is 2.25. The third-order valence-electron chi connectivity index (χ3n) is 6.31. The first-order valence-corrected chi connectivity index (χ1v) is 11.7.